The summed E-state index contributed by atoms with van der Waals surface area (Å²) in [6.07, 6.45) is 1.98. The van der Waals surface area contributed by atoms with Crippen LogP contribution in [0.2, 0.25) is 0 Å². The Labute approximate surface area is 160 Å². The first kappa shape index (κ1) is 19.0. The Morgan fingerprint density at radius 2 is 1.70 bits per heavy atom. The van der Waals surface area contributed by atoms with E-state index in [1.165, 1.54) is 0 Å². The van der Waals surface area contributed by atoms with Crippen LogP contribution in [0.4, 0.5) is 11.4 Å². The molecule has 0 bridgehead atoms. The summed E-state index contributed by atoms with van der Waals surface area (Å²) >= 11 is 0. The number of benzene rings is 2. The third-order valence-corrected chi connectivity index (χ3v) is 5.02. The Bertz CT molecular complexity index is 795. The van der Waals surface area contributed by atoms with E-state index in [1.54, 1.807) is 0 Å². The van der Waals surface area contributed by atoms with Crippen LogP contribution in [-0.2, 0) is 4.79 Å². The second-order valence-corrected chi connectivity index (χ2v) is 7.14. The smallest absolute Gasteiger partial charge is 0.251 e. The fraction of sp³-hybridized carbons (Fsp3) is 0.364. The number of carbonyl (C=O) groups is 2. The van der Waals surface area contributed by atoms with Crippen LogP contribution >= 0.6 is 0 Å². The van der Waals surface area contributed by atoms with Gasteiger partial charge in [-0.05, 0) is 68.7 Å². The Morgan fingerprint density at radius 1 is 1.07 bits per heavy atom. The molecule has 2 aromatic carbocycles. The maximum Gasteiger partial charge on any atom is 0.251 e. The second kappa shape index (κ2) is 8.25. The SMILES string of the molecule is CCN(C)c1ccc(C(=O)NC(C)c2ccc(NC(=O)C3CC3)cc2)cc1. The minimum Gasteiger partial charge on any atom is -0.375 e. The molecule has 0 radical (unpaired) electrons. The zero-order valence-corrected chi connectivity index (χ0v) is 16.2. The van der Waals surface area contributed by atoms with Crippen LogP contribution in [0.5, 0.6) is 0 Å². The molecule has 5 heteroatoms. The van der Waals surface area contributed by atoms with Crippen molar-refractivity contribution in [2.75, 3.05) is 23.8 Å². The van der Waals surface area contributed by atoms with Gasteiger partial charge in [0, 0.05) is 36.4 Å². The Kier molecular flexibility index (Phi) is 5.79. The molecule has 5 nitrogen and oxygen atoms in total. The molecule has 2 N–H and O–H groups in total. The van der Waals surface area contributed by atoms with Gasteiger partial charge in [0.1, 0.15) is 0 Å². The number of hydrogen-bond donors (Lipinski definition) is 2. The van der Waals surface area contributed by atoms with Gasteiger partial charge in [0.2, 0.25) is 5.91 Å². The van der Waals surface area contributed by atoms with Crippen LogP contribution in [0.15, 0.2) is 48.5 Å². The van der Waals surface area contributed by atoms with Crippen molar-refractivity contribution in [1.29, 1.82) is 0 Å². The van der Waals surface area contributed by atoms with Gasteiger partial charge in [-0.15, -0.1) is 0 Å². The molecule has 0 saturated heterocycles. The van der Waals surface area contributed by atoms with Crippen molar-refractivity contribution in [2.24, 2.45) is 5.92 Å². The number of carbonyl (C=O) groups excluding carboxylic acids is 2. The monoisotopic (exact) mass is 365 g/mol. The van der Waals surface area contributed by atoms with Crippen LogP contribution in [0.1, 0.15) is 48.7 Å². The van der Waals surface area contributed by atoms with Gasteiger partial charge in [-0.25, -0.2) is 0 Å². The van der Waals surface area contributed by atoms with E-state index in [0.29, 0.717) is 5.56 Å². The number of nitrogens with one attached hydrogen (secondary N) is 2. The van der Waals surface area contributed by atoms with E-state index in [-0.39, 0.29) is 23.8 Å². The quantitative estimate of drug-likeness (QED) is 0.780. The van der Waals surface area contributed by atoms with Crippen molar-refractivity contribution < 1.29 is 9.59 Å². The lowest BCUT2D eigenvalue weighted by Gasteiger charge is -2.18. The Hall–Kier alpha value is -2.82. The average Bonchev–Trinajstić information content (AvgIpc) is 3.53. The predicted octanol–water partition coefficient (Wildman–Crippen LogP) is 3.98. The molecule has 1 saturated carbocycles. The molecule has 27 heavy (non-hydrogen) atoms. The van der Waals surface area contributed by atoms with Crippen molar-refractivity contribution in [3.05, 3.63) is 59.7 Å². The van der Waals surface area contributed by atoms with Crippen molar-refractivity contribution in [3.8, 4) is 0 Å². The number of amides is 2. The van der Waals surface area contributed by atoms with Gasteiger partial charge in [0.25, 0.3) is 5.91 Å². The molecule has 2 amide bonds. The molecule has 1 aliphatic rings. The van der Waals surface area contributed by atoms with Crippen LogP contribution < -0.4 is 15.5 Å². The number of rotatable bonds is 7. The van der Waals surface area contributed by atoms with Crippen LogP contribution in [0, 0.1) is 5.92 Å². The summed E-state index contributed by atoms with van der Waals surface area (Å²) in [6.45, 7) is 4.96. The van der Waals surface area contributed by atoms with Gasteiger partial charge < -0.3 is 15.5 Å². The summed E-state index contributed by atoms with van der Waals surface area (Å²) in [7, 11) is 2.02. The van der Waals surface area contributed by atoms with E-state index in [0.717, 1.165) is 36.3 Å². The predicted molar refractivity (Wildman–Crippen MR) is 109 cm³/mol. The van der Waals surface area contributed by atoms with E-state index >= 15 is 0 Å². The van der Waals surface area contributed by atoms with Crippen molar-refractivity contribution in [2.45, 2.75) is 32.7 Å². The number of nitrogens with zero attached hydrogens (tertiary/aromatic N) is 1. The summed E-state index contributed by atoms with van der Waals surface area (Å²) in [5.74, 6) is 0.187. The summed E-state index contributed by atoms with van der Waals surface area (Å²) in [4.78, 5) is 26.4. The van der Waals surface area contributed by atoms with Crippen molar-refractivity contribution >= 4 is 23.2 Å². The number of anilines is 2. The fourth-order valence-corrected chi connectivity index (χ4v) is 2.86. The lowest BCUT2D eigenvalue weighted by atomic mass is 10.1. The van der Waals surface area contributed by atoms with E-state index in [4.69, 9.17) is 0 Å². The summed E-state index contributed by atoms with van der Waals surface area (Å²) in [6, 6.07) is 15.1. The molecular weight excluding hydrogens is 338 g/mol. The molecule has 2 aromatic rings. The normalized spacial score (nSPS) is 14.3. The molecular formula is C22H27N3O2. The van der Waals surface area contributed by atoms with Crippen LogP contribution in [0.25, 0.3) is 0 Å². The minimum atomic E-state index is -0.122. The average molecular weight is 365 g/mol. The fourth-order valence-electron chi connectivity index (χ4n) is 2.86. The highest BCUT2D eigenvalue weighted by atomic mass is 16.2. The van der Waals surface area contributed by atoms with Gasteiger partial charge >= 0.3 is 0 Å². The second-order valence-electron chi connectivity index (χ2n) is 7.14. The molecule has 0 aromatic heterocycles. The third-order valence-electron chi connectivity index (χ3n) is 5.02. The van der Waals surface area contributed by atoms with Gasteiger partial charge in [-0.2, -0.15) is 0 Å². The Morgan fingerprint density at radius 3 is 2.26 bits per heavy atom. The maximum atomic E-state index is 12.5. The minimum absolute atomic E-state index is 0.0979. The first-order valence-electron chi connectivity index (χ1n) is 9.51. The van der Waals surface area contributed by atoms with Crippen LogP contribution in [0.3, 0.4) is 0 Å². The van der Waals surface area contributed by atoms with Gasteiger partial charge in [-0.1, -0.05) is 12.1 Å². The van der Waals surface area contributed by atoms with Crippen molar-refractivity contribution in [3.63, 3.8) is 0 Å². The van der Waals surface area contributed by atoms with E-state index in [9.17, 15) is 9.59 Å². The van der Waals surface area contributed by atoms with Gasteiger partial charge in [0.05, 0.1) is 6.04 Å². The molecule has 1 aliphatic carbocycles. The molecule has 0 aliphatic heterocycles. The topological polar surface area (TPSA) is 61.4 Å². The van der Waals surface area contributed by atoms with E-state index in [1.807, 2.05) is 62.5 Å². The molecule has 142 valence electrons. The first-order valence-corrected chi connectivity index (χ1v) is 9.51. The molecule has 0 heterocycles. The van der Waals surface area contributed by atoms with Crippen LogP contribution in [-0.4, -0.2) is 25.4 Å². The zero-order valence-electron chi connectivity index (χ0n) is 16.2. The Balaban J connectivity index is 1.58. The summed E-state index contributed by atoms with van der Waals surface area (Å²) in [5, 5.41) is 5.95. The highest BCUT2D eigenvalue weighted by Crippen LogP contribution is 2.30. The summed E-state index contributed by atoms with van der Waals surface area (Å²) in [5.41, 5.74) is 3.52. The summed E-state index contributed by atoms with van der Waals surface area (Å²) < 4.78 is 0. The standard InChI is InChI=1S/C22H27N3O2/c1-4-25(3)20-13-9-18(10-14-20)21(26)23-15(2)16-7-11-19(12-8-16)24-22(27)17-5-6-17/h7-15,17H,4-6H2,1-3H3,(H,23,26)(H,24,27). The molecule has 1 unspecified atom stereocenters. The maximum absolute atomic E-state index is 12.5. The molecule has 3 rings (SSSR count). The molecule has 1 fully saturated rings. The first-order chi connectivity index (χ1) is 13.0. The lowest BCUT2D eigenvalue weighted by molar-refractivity contribution is -0.117. The highest BCUT2D eigenvalue weighted by molar-refractivity contribution is 5.95. The van der Waals surface area contributed by atoms with E-state index < -0.39 is 0 Å². The third kappa shape index (κ3) is 4.88. The van der Waals surface area contributed by atoms with E-state index in [2.05, 4.69) is 22.5 Å². The lowest BCUT2D eigenvalue weighted by Crippen LogP contribution is -2.26. The largest absolute Gasteiger partial charge is 0.375 e. The highest BCUT2D eigenvalue weighted by Gasteiger charge is 2.29. The molecule has 1 atom stereocenters. The number of hydrogen-bond acceptors (Lipinski definition) is 3. The molecule has 0 spiro atoms. The van der Waals surface area contributed by atoms with Gasteiger partial charge in [-0.3, -0.25) is 9.59 Å². The zero-order chi connectivity index (χ0) is 19.4. The van der Waals surface area contributed by atoms with Crippen molar-refractivity contribution in [1.82, 2.24) is 5.32 Å². The van der Waals surface area contributed by atoms with Gasteiger partial charge in [0.15, 0.2) is 0 Å².